The molecule has 0 bridgehead atoms. The molecule has 0 spiro atoms. The number of halogens is 3. The SMILES string of the molecule is Fc1ccc(N(c2cccc(-c3cc(F)cc(F)c3)c2)c2cnc3cc(-c4ccccc4)cc(-c4ccccc4)c3c2)cc1. The fraction of sp³-hybridized carbons (Fsp3) is 0. The summed E-state index contributed by atoms with van der Waals surface area (Å²) in [5.74, 6) is -1.65. The molecule has 7 aromatic rings. The minimum Gasteiger partial charge on any atom is -0.309 e. The van der Waals surface area contributed by atoms with Gasteiger partial charge in [0.15, 0.2) is 0 Å². The van der Waals surface area contributed by atoms with Crippen LogP contribution in [0.2, 0.25) is 0 Å². The van der Waals surface area contributed by atoms with Gasteiger partial charge in [0.25, 0.3) is 0 Å². The number of fused-ring (bicyclic) bond motifs is 1. The predicted molar refractivity (Wildman–Crippen MR) is 173 cm³/mol. The third-order valence-corrected chi connectivity index (χ3v) is 7.62. The lowest BCUT2D eigenvalue weighted by Crippen LogP contribution is -2.10. The first-order chi connectivity index (χ1) is 21.5. The molecule has 0 aliphatic heterocycles. The molecule has 0 N–H and O–H groups in total. The topological polar surface area (TPSA) is 16.1 Å². The first-order valence-corrected chi connectivity index (χ1v) is 14.2. The molecule has 1 aromatic heterocycles. The van der Waals surface area contributed by atoms with E-state index in [-0.39, 0.29) is 5.82 Å². The normalized spacial score (nSPS) is 11.1. The van der Waals surface area contributed by atoms with E-state index in [1.54, 1.807) is 24.4 Å². The highest BCUT2D eigenvalue weighted by Gasteiger charge is 2.17. The fourth-order valence-corrected chi connectivity index (χ4v) is 5.58. The summed E-state index contributed by atoms with van der Waals surface area (Å²) in [5.41, 5.74) is 8.29. The molecular formula is C39H25F3N2. The Morgan fingerprint density at radius 3 is 1.75 bits per heavy atom. The van der Waals surface area contributed by atoms with Crippen LogP contribution in [0.15, 0.2) is 152 Å². The molecule has 0 fully saturated rings. The fourth-order valence-electron chi connectivity index (χ4n) is 5.58. The highest BCUT2D eigenvalue weighted by molar-refractivity contribution is 6.00. The zero-order valence-electron chi connectivity index (χ0n) is 23.5. The van der Waals surface area contributed by atoms with Gasteiger partial charge in [0.05, 0.1) is 17.4 Å². The van der Waals surface area contributed by atoms with Gasteiger partial charge in [-0.1, -0.05) is 72.8 Å². The zero-order valence-corrected chi connectivity index (χ0v) is 23.5. The van der Waals surface area contributed by atoms with Gasteiger partial charge in [-0.3, -0.25) is 4.98 Å². The molecule has 0 radical (unpaired) electrons. The summed E-state index contributed by atoms with van der Waals surface area (Å²) >= 11 is 0. The van der Waals surface area contributed by atoms with Crippen LogP contribution in [0.3, 0.4) is 0 Å². The molecule has 0 unspecified atom stereocenters. The van der Waals surface area contributed by atoms with Crippen molar-refractivity contribution >= 4 is 28.0 Å². The van der Waals surface area contributed by atoms with E-state index in [0.29, 0.717) is 16.8 Å². The van der Waals surface area contributed by atoms with Crippen molar-refractivity contribution in [1.82, 2.24) is 4.98 Å². The Morgan fingerprint density at radius 1 is 0.409 bits per heavy atom. The van der Waals surface area contributed by atoms with Crippen molar-refractivity contribution in [2.45, 2.75) is 0 Å². The summed E-state index contributed by atoms with van der Waals surface area (Å²) in [6.07, 6.45) is 1.80. The first-order valence-electron chi connectivity index (χ1n) is 14.2. The van der Waals surface area contributed by atoms with Gasteiger partial charge in [-0.05, 0) is 100 Å². The number of rotatable bonds is 6. The van der Waals surface area contributed by atoms with Gasteiger partial charge in [-0.2, -0.15) is 0 Å². The van der Waals surface area contributed by atoms with E-state index in [4.69, 9.17) is 4.98 Å². The third kappa shape index (κ3) is 5.43. The highest BCUT2D eigenvalue weighted by Crippen LogP contribution is 2.40. The van der Waals surface area contributed by atoms with Gasteiger partial charge >= 0.3 is 0 Å². The standard InChI is InChI=1S/C39H25F3N2/c40-31-14-16-34(17-15-31)44(35-13-7-12-28(20-35)29-18-32(41)23-33(42)19-29)36-24-38-37(27-10-5-2-6-11-27)21-30(22-39(38)43-25-36)26-8-3-1-4-9-26/h1-25H. The number of pyridine rings is 1. The van der Waals surface area contributed by atoms with E-state index in [1.807, 2.05) is 59.5 Å². The molecule has 0 atom stereocenters. The molecule has 0 aliphatic rings. The van der Waals surface area contributed by atoms with Crippen LogP contribution >= 0.6 is 0 Å². The smallest absolute Gasteiger partial charge is 0.126 e. The Kier molecular flexibility index (Phi) is 7.13. The Bertz CT molecular complexity index is 2070. The molecule has 212 valence electrons. The number of nitrogens with zero attached hydrogens (tertiary/aromatic N) is 2. The zero-order chi connectivity index (χ0) is 30.0. The summed E-state index contributed by atoms with van der Waals surface area (Å²) in [6.45, 7) is 0. The van der Waals surface area contributed by atoms with Crippen LogP contribution in [0.1, 0.15) is 0 Å². The van der Waals surface area contributed by atoms with Crippen molar-refractivity contribution in [3.05, 3.63) is 169 Å². The van der Waals surface area contributed by atoms with Crippen molar-refractivity contribution in [3.8, 4) is 33.4 Å². The van der Waals surface area contributed by atoms with E-state index in [1.165, 1.54) is 24.3 Å². The van der Waals surface area contributed by atoms with Crippen LogP contribution in [0.25, 0.3) is 44.3 Å². The molecule has 6 aromatic carbocycles. The maximum atomic E-state index is 14.1. The second-order valence-electron chi connectivity index (χ2n) is 10.5. The Labute approximate surface area is 253 Å². The lowest BCUT2D eigenvalue weighted by atomic mass is 9.94. The molecule has 0 aliphatic carbocycles. The Hall–Kier alpha value is -5.68. The molecule has 0 amide bonds. The van der Waals surface area contributed by atoms with Gasteiger partial charge in [0.1, 0.15) is 17.5 Å². The van der Waals surface area contributed by atoms with Crippen molar-refractivity contribution in [2.75, 3.05) is 4.90 Å². The lowest BCUT2D eigenvalue weighted by Gasteiger charge is -2.26. The van der Waals surface area contributed by atoms with Crippen LogP contribution in [0.5, 0.6) is 0 Å². The summed E-state index contributed by atoms with van der Waals surface area (Å²) in [5, 5.41) is 0.948. The predicted octanol–water partition coefficient (Wildman–Crippen LogP) is 11.1. The number of anilines is 3. The van der Waals surface area contributed by atoms with Gasteiger partial charge in [0, 0.05) is 22.8 Å². The monoisotopic (exact) mass is 578 g/mol. The minimum absolute atomic E-state index is 0.353. The summed E-state index contributed by atoms with van der Waals surface area (Å²) in [7, 11) is 0. The lowest BCUT2D eigenvalue weighted by molar-refractivity contribution is 0.584. The maximum Gasteiger partial charge on any atom is 0.126 e. The van der Waals surface area contributed by atoms with E-state index in [9.17, 15) is 13.2 Å². The number of hydrogen-bond donors (Lipinski definition) is 0. The van der Waals surface area contributed by atoms with Crippen LogP contribution in [0.4, 0.5) is 30.2 Å². The molecule has 44 heavy (non-hydrogen) atoms. The Morgan fingerprint density at radius 2 is 1.05 bits per heavy atom. The quantitative estimate of drug-likeness (QED) is 0.195. The molecule has 7 rings (SSSR count). The molecule has 2 nitrogen and oxygen atoms in total. The van der Waals surface area contributed by atoms with Crippen molar-refractivity contribution in [2.24, 2.45) is 0 Å². The molecule has 5 heteroatoms. The average molecular weight is 579 g/mol. The van der Waals surface area contributed by atoms with E-state index < -0.39 is 11.6 Å². The summed E-state index contributed by atoms with van der Waals surface area (Å²) < 4.78 is 42.3. The van der Waals surface area contributed by atoms with Crippen LogP contribution in [-0.4, -0.2) is 4.98 Å². The van der Waals surface area contributed by atoms with E-state index in [0.717, 1.165) is 50.6 Å². The van der Waals surface area contributed by atoms with Crippen LogP contribution < -0.4 is 4.90 Å². The second kappa shape index (κ2) is 11.5. The van der Waals surface area contributed by atoms with Gasteiger partial charge in [0.2, 0.25) is 0 Å². The van der Waals surface area contributed by atoms with Crippen molar-refractivity contribution in [3.63, 3.8) is 0 Å². The number of hydrogen-bond acceptors (Lipinski definition) is 2. The summed E-state index contributed by atoms with van der Waals surface area (Å²) in [6, 6.07) is 43.8. The highest BCUT2D eigenvalue weighted by atomic mass is 19.1. The number of aromatic nitrogens is 1. The van der Waals surface area contributed by atoms with Gasteiger partial charge in [-0.25, -0.2) is 13.2 Å². The van der Waals surface area contributed by atoms with Gasteiger partial charge in [-0.15, -0.1) is 0 Å². The first kappa shape index (κ1) is 27.2. The Balaban J connectivity index is 1.43. The van der Waals surface area contributed by atoms with Crippen LogP contribution in [-0.2, 0) is 0 Å². The number of benzene rings is 6. The molecule has 0 saturated carbocycles. The molecule has 0 saturated heterocycles. The summed E-state index contributed by atoms with van der Waals surface area (Å²) in [4.78, 5) is 6.90. The molecular weight excluding hydrogens is 553 g/mol. The second-order valence-corrected chi connectivity index (χ2v) is 10.5. The maximum absolute atomic E-state index is 14.1. The van der Waals surface area contributed by atoms with E-state index in [2.05, 4.69) is 42.5 Å². The average Bonchev–Trinajstić information content (AvgIpc) is 3.06. The van der Waals surface area contributed by atoms with Crippen molar-refractivity contribution < 1.29 is 13.2 Å². The third-order valence-electron chi connectivity index (χ3n) is 7.62. The molecule has 1 heterocycles. The van der Waals surface area contributed by atoms with Crippen molar-refractivity contribution in [1.29, 1.82) is 0 Å². The van der Waals surface area contributed by atoms with Gasteiger partial charge < -0.3 is 4.90 Å². The van der Waals surface area contributed by atoms with Crippen LogP contribution in [0, 0.1) is 17.5 Å². The minimum atomic E-state index is -0.650. The largest absolute Gasteiger partial charge is 0.309 e. The van der Waals surface area contributed by atoms with E-state index >= 15 is 0 Å².